The monoisotopic (exact) mass is 438 g/mol. The second kappa shape index (κ2) is 7.63. The third kappa shape index (κ3) is 3.06. The highest BCUT2D eigenvalue weighted by molar-refractivity contribution is 7.22. The molecule has 0 fully saturated rings. The van der Waals surface area contributed by atoms with Crippen LogP contribution in [0.1, 0.15) is 19.6 Å². The van der Waals surface area contributed by atoms with Crippen molar-refractivity contribution in [3.63, 3.8) is 0 Å². The first-order valence-corrected chi connectivity index (χ1v) is 11.0. The van der Waals surface area contributed by atoms with E-state index in [2.05, 4.69) is 24.3 Å². The van der Waals surface area contributed by atoms with Crippen molar-refractivity contribution in [2.75, 3.05) is 6.54 Å². The number of carbonyl (C=O) groups excluding carboxylic acids is 2. The van der Waals surface area contributed by atoms with Gasteiger partial charge >= 0.3 is 0 Å². The summed E-state index contributed by atoms with van der Waals surface area (Å²) in [5.41, 5.74) is 2.56. The van der Waals surface area contributed by atoms with Crippen LogP contribution in [0, 0.1) is 11.3 Å². The molecule has 156 valence electrons. The highest BCUT2D eigenvalue weighted by atomic mass is 32.1. The summed E-state index contributed by atoms with van der Waals surface area (Å²) in [5.74, 6) is -0.443. The van der Waals surface area contributed by atoms with Gasteiger partial charge in [-0.25, -0.2) is 0 Å². The smallest absolute Gasteiger partial charge is 0.271 e. The molecule has 2 aromatic heterocycles. The lowest BCUT2D eigenvalue weighted by Gasteiger charge is -2.25. The summed E-state index contributed by atoms with van der Waals surface area (Å²) in [4.78, 5) is 27.4. The Kier molecular flexibility index (Phi) is 4.76. The molecule has 2 amide bonds. The number of benzene rings is 2. The molecule has 3 heterocycles. The summed E-state index contributed by atoms with van der Waals surface area (Å²) >= 11 is 1.62. The number of thiophene rings is 1. The number of hydrogen-bond donors (Lipinski definition) is 0. The SMILES string of the molecule is CCN1C(=O)C(C#N)=C(C)/C(=C/c2cc3sc(-c4cccc5ccccc45)cc3o2)C1=O. The lowest BCUT2D eigenvalue weighted by atomic mass is 9.95. The Balaban J connectivity index is 1.57. The van der Waals surface area contributed by atoms with Crippen molar-refractivity contribution >= 4 is 50.3 Å². The second-order valence-electron chi connectivity index (χ2n) is 7.54. The van der Waals surface area contributed by atoms with Crippen LogP contribution < -0.4 is 0 Å². The highest BCUT2D eigenvalue weighted by Gasteiger charge is 2.34. The molecule has 5 nitrogen and oxygen atoms in total. The van der Waals surface area contributed by atoms with Gasteiger partial charge in [0.25, 0.3) is 11.8 Å². The molecule has 0 bridgehead atoms. The Morgan fingerprint density at radius 1 is 1.09 bits per heavy atom. The van der Waals surface area contributed by atoms with Crippen LogP contribution in [-0.4, -0.2) is 23.3 Å². The van der Waals surface area contributed by atoms with Crippen molar-refractivity contribution < 1.29 is 14.0 Å². The van der Waals surface area contributed by atoms with E-state index in [1.54, 1.807) is 31.3 Å². The lowest BCUT2D eigenvalue weighted by molar-refractivity contribution is -0.140. The summed E-state index contributed by atoms with van der Waals surface area (Å²) in [6.45, 7) is 3.53. The number of nitrogens with zero attached hydrogens (tertiary/aromatic N) is 2. The minimum absolute atomic E-state index is 0.00990. The Bertz CT molecular complexity index is 1490. The second-order valence-corrected chi connectivity index (χ2v) is 8.62. The van der Waals surface area contributed by atoms with Gasteiger partial charge < -0.3 is 4.42 Å². The zero-order valence-electron chi connectivity index (χ0n) is 17.5. The molecule has 0 aliphatic carbocycles. The molecule has 4 aromatic rings. The van der Waals surface area contributed by atoms with Crippen molar-refractivity contribution in [3.8, 4) is 16.5 Å². The fraction of sp³-hybridized carbons (Fsp3) is 0.115. The van der Waals surface area contributed by atoms with Gasteiger partial charge in [0.2, 0.25) is 0 Å². The van der Waals surface area contributed by atoms with Crippen LogP contribution in [0.5, 0.6) is 0 Å². The lowest BCUT2D eigenvalue weighted by Crippen LogP contribution is -2.42. The summed E-state index contributed by atoms with van der Waals surface area (Å²) in [7, 11) is 0. The fourth-order valence-electron chi connectivity index (χ4n) is 4.06. The van der Waals surface area contributed by atoms with Crippen molar-refractivity contribution in [3.05, 3.63) is 77.1 Å². The Morgan fingerprint density at radius 2 is 1.88 bits per heavy atom. The van der Waals surface area contributed by atoms with Crippen LogP contribution in [0.15, 0.2) is 75.7 Å². The van der Waals surface area contributed by atoms with Gasteiger partial charge in [0.05, 0.1) is 4.70 Å². The van der Waals surface area contributed by atoms with E-state index < -0.39 is 11.8 Å². The van der Waals surface area contributed by atoms with E-state index >= 15 is 0 Å². The van der Waals surface area contributed by atoms with Crippen molar-refractivity contribution in [1.82, 2.24) is 4.90 Å². The molecule has 6 heteroatoms. The number of likely N-dealkylation sites (N-methyl/N-ethyl adjacent to an activating group) is 1. The van der Waals surface area contributed by atoms with E-state index in [0.29, 0.717) is 16.9 Å². The molecule has 0 radical (unpaired) electrons. The van der Waals surface area contributed by atoms with Crippen LogP contribution >= 0.6 is 11.3 Å². The maximum absolute atomic E-state index is 12.8. The number of hydrogen-bond acceptors (Lipinski definition) is 5. The van der Waals surface area contributed by atoms with Crippen LogP contribution in [-0.2, 0) is 9.59 Å². The number of imide groups is 1. The van der Waals surface area contributed by atoms with Gasteiger partial charge in [0.15, 0.2) is 0 Å². The first kappa shape index (κ1) is 20.0. The van der Waals surface area contributed by atoms with Gasteiger partial charge in [-0.15, -0.1) is 11.3 Å². The average Bonchev–Trinajstić information content (AvgIpc) is 3.36. The van der Waals surface area contributed by atoms with E-state index in [4.69, 9.17) is 4.42 Å². The topological polar surface area (TPSA) is 74.3 Å². The predicted molar refractivity (Wildman–Crippen MR) is 126 cm³/mol. The average molecular weight is 439 g/mol. The molecule has 32 heavy (non-hydrogen) atoms. The van der Waals surface area contributed by atoms with Crippen molar-refractivity contribution in [2.24, 2.45) is 0 Å². The number of amides is 2. The maximum Gasteiger partial charge on any atom is 0.271 e. The molecule has 2 aromatic carbocycles. The van der Waals surface area contributed by atoms with E-state index in [0.717, 1.165) is 25.6 Å². The molecule has 0 spiro atoms. The summed E-state index contributed by atoms with van der Waals surface area (Å²) in [5, 5.41) is 11.8. The molecular weight excluding hydrogens is 420 g/mol. The molecule has 0 saturated heterocycles. The summed E-state index contributed by atoms with van der Waals surface area (Å²) < 4.78 is 6.99. The van der Waals surface area contributed by atoms with Crippen molar-refractivity contribution in [1.29, 1.82) is 5.26 Å². The number of furan rings is 1. The van der Waals surface area contributed by atoms with E-state index in [-0.39, 0.29) is 12.1 Å². The molecule has 0 atom stereocenters. The van der Waals surface area contributed by atoms with Gasteiger partial charge in [-0.2, -0.15) is 5.26 Å². The minimum atomic E-state index is -0.546. The molecular formula is C26H18N2O3S. The van der Waals surface area contributed by atoms with Crippen LogP contribution in [0.2, 0.25) is 0 Å². The van der Waals surface area contributed by atoms with E-state index in [1.165, 1.54) is 10.8 Å². The molecule has 0 unspecified atom stereocenters. The van der Waals surface area contributed by atoms with Gasteiger partial charge in [-0.05, 0) is 41.8 Å². The first-order chi connectivity index (χ1) is 15.5. The number of rotatable bonds is 3. The highest BCUT2D eigenvalue weighted by Crippen LogP contribution is 2.39. The predicted octanol–water partition coefficient (Wildman–Crippen LogP) is 5.93. The van der Waals surface area contributed by atoms with Crippen LogP contribution in [0.4, 0.5) is 0 Å². The molecule has 0 saturated carbocycles. The zero-order valence-corrected chi connectivity index (χ0v) is 18.3. The third-order valence-electron chi connectivity index (χ3n) is 5.71. The number of fused-ring (bicyclic) bond motifs is 2. The molecule has 0 N–H and O–H groups in total. The maximum atomic E-state index is 12.8. The van der Waals surface area contributed by atoms with Crippen molar-refractivity contribution in [2.45, 2.75) is 13.8 Å². The van der Waals surface area contributed by atoms with Gasteiger partial charge in [-0.3, -0.25) is 14.5 Å². The zero-order chi connectivity index (χ0) is 22.4. The van der Waals surface area contributed by atoms with E-state index in [1.807, 2.05) is 36.4 Å². The standard InChI is InChI=1S/C26H18N2O3S/c1-3-28-25(29)20(15(2)21(14-27)26(28)30)11-17-12-24-22(31-17)13-23(32-24)19-10-6-8-16-7-4-5-9-18(16)19/h4-13H,3H2,1-2H3/b20-11-. The van der Waals surface area contributed by atoms with Crippen LogP contribution in [0.25, 0.3) is 37.6 Å². The summed E-state index contributed by atoms with van der Waals surface area (Å²) in [6, 6.07) is 20.3. The molecule has 5 rings (SSSR count). The van der Waals surface area contributed by atoms with Crippen LogP contribution in [0.3, 0.4) is 0 Å². The molecule has 1 aliphatic rings. The fourth-order valence-corrected chi connectivity index (χ4v) is 5.12. The Labute approximate surface area is 188 Å². The summed E-state index contributed by atoms with van der Waals surface area (Å²) in [6.07, 6.45) is 1.62. The number of nitriles is 1. The third-order valence-corrected chi connectivity index (χ3v) is 6.81. The van der Waals surface area contributed by atoms with Gasteiger partial charge in [-0.1, -0.05) is 42.5 Å². The van der Waals surface area contributed by atoms with Gasteiger partial charge in [0.1, 0.15) is 23.0 Å². The quantitative estimate of drug-likeness (QED) is 0.294. The minimum Gasteiger partial charge on any atom is -0.456 e. The largest absolute Gasteiger partial charge is 0.456 e. The Hall–Kier alpha value is -3.95. The Morgan fingerprint density at radius 3 is 2.62 bits per heavy atom. The number of carbonyl (C=O) groups is 2. The van der Waals surface area contributed by atoms with E-state index in [9.17, 15) is 14.9 Å². The van der Waals surface area contributed by atoms with Gasteiger partial charge in [0, 0.05) is 29.1 Å². The normalized spacial score (nSPS) is 15.9. The first-order valence-electron chi connectivity index (χ1n) is 10.2. The molecule has 1 aliphatic heterocycles.